The molecule has 2 aliphatic rings. The molecule has 0 unspecified atom stereocenters. The van der Waals surface area contributed by atoms with Gasteiger partial charge in [0.05, 0.1) is 23.4 Å². The number of hydrogen-bond donors (Lipinski definition) is 4. The summed E-state index contributed by atoms with van der Waals surface area (Å²) in [7, 11) is -3.76. The van der Waals surface area contributed by atoms with Gasteiger partial charge >= 0.3 is 0 Å². The fourth-order valence-electron chi connectivity index (χ4n) is 5.09. The first-order valence-corrected chi connectivity index (χ1v) is 12.8. The first-order valence-electron chi connectivity index (χ1n) is 11.3. The molecule has 10 heteroatoms. The maximum Gasteiger partial charge on any atom is 0.277 e. The highest BCUT2D eigenvalue weighted by Gasteiger charge is 2.40. The molecule has 2 aliphatic carbocycles. The van der Waals surface area contributed by atoms with Crippen molar-refractivity contribution >= 4 is 21.1 Å². The van der Waals surface area contributed by atoms with Gasteiger partial charge in [-0.05, 0) is 85.4 Å². The molecule has 0 amide bonds. The number of rotatable bonds is 8. The lowest BCUT2D eigenvalue weighted by atomic mass is 9.70. The molecule has 4 N–H and O–H groups in total. The largest absolute Gasteiger partial charge is 0.394 e. The molecule has 2 aromatic carbocycles. The molecular formula is C24H26F3N3O3S. The molecule has 0 bridgehead atoms. The van der Waals surface area contributed by atoms with Gasteiger partial charge in [-0.25, -0.2) is 17.9 Å². The molecule has 2 fully saturated rings. The third-order valence-electron chi connectivity index (χ3n) is 7.17. The SMILES string of the molecule is O=S(=O)(NC[C@H]1C[C@H](c2c(-c3ccc(F)cc3)[nH]c3c(F)cc(F)cc32)C1)NC1(CO)CCC1. The van der Waals surface area contributed by atoms with E-state index in [2.05, 4.69) is 14.4 Å². The van der Waals surface area contributed by atoms with Gasteiger partial charge in [0.15, 0.2) is 0 Å². The predicted octanol–water partition coefficient (Wildman–Crippen LogP) is 4.08. The number of aromatic nitrogens is 1. The first kappa shape index (κ1) is 23.3. The molecule has 5 rings (SSSR count). The lowest BCUT2D eigenvalue weighted by molar-refractivity contribution is 0.110. The Morgan fingerprint density at radius 1 is 1.06 bits per heavy atom. The number of nitrogens with one attached hydrogen (secondary N) is 3. The summed E-state index contributed by atoms with van der Waals surface area (Å²) in [5.41, 5.74) is 1.46. The summed E-state index contributed by atoms with van der Waals surface area (Å²) in [5, 5.41) is 9.95. The van der Waals surface area contributed by atoms with Crippen molar-refractivity contribution in [2.24, 2.45) is 5.92 Å². The number of aliphatic hydroxyl groups is 1. The van der Waals surface area contributed by atoms with Gasteiger partial charge in [-0.1, -0.05) is 0 Å². The number of benzene rings is 2. The van der Waals surface area contributed by atoms with Crippen molar-refractivity contribution in [1.82, 2.24) is 14.4 Å². The quantitative estimate of drug-likeness (QED) is 0.381. The minimum atomic E-state index is -3.76. The van der Waals surface area contributed by atoms with E-state index in [9.17, 15) is 26.7 Å². The Labute approximate surface area is 195 Å². The third kappa shape index (κ3) is 4.35. The number of aliphatic hydroxyl groups excluding tert-OH is 1. The van der Waals surface area contributed by atoms with Crippen LogP contribution in [-0.4, -0.2) is 37.2 Å². The maximum absolute atomic E-state index is 14.5. The Hall–Kier alpha value is -2.40. The minimum absolute atomic E-state index is 0.0344. The van der Waals surface area contributed by atoms with E-state index in [4.69, 9.17) is 0 Å². The summed E-state index contributed by atoms with van der Waals surface area (Å²) in [6, 6.07) is 7.92. The third-order valence-corrected chi connectivity index (χ3v) is 8.42. The molecule has 0 atom stereocenters. The summed E-state index contributed by atoms with van der Waals surface area (Å²) >= 11 is 0. The van der Waals surface area contributed by atoms with Crippen LogP contribution in [0.5, 0.6) is 0 Å². The predicted molar refractivity (Wildman–Crippen MR) is 123 cm³/mol. The second kappa shape index (κ2) is 8.67. The second-order valence-electron chi connectivity index (χ2n) is 9.51. The standard InChI is InChI=1S/C24H26F3N3O3S/c25-17-4-2-15(3-5-17)22-21(19-10-18(26)11-20(27)23(19)29-22)16-8-14(9-16)12-28-34(32,33)30-24(13-31)6-1-7-24/h2-5,10-11,14,16,28-31H,1,6-9,12-13H2/t14-,16-. The molecule has 1 heterocycles. The van der Waals surface area contributed by atoms with Crippen molar-refractivity contribution in [2.45, 2.75) is 43.6 Å². The van der Waals surface area contributed by atoms with E-state index in [1.807, 2.05) is 0 Å². The topological polar surface area (TPSA) is 94.2 Å². The summed E-state index contributed by atoms with van der Waals surface area (Å²) in [6.07, 6.45) is 3.35. The van der Waals surface area contributed by atoms with Crippen LogP contribution in [0.15, 0.2) is 36.4 Å². The summed E-state index contributed by atoms with van der Waals surface area (Å²) < 4.78 is 72.0. The number of halogens is 3. The highest BCUT2D eigenvalue weighted by Crippen LogP contribution is 2.48. The van der Waals surface area contributed by atoms with Crippen LogP contribution in [0.25, 0.3) is 22.2 Å². The Bertz CT molecular complexity index is 1310. The summed E-state index contributed by atoms with van der Waals surface area (Å²) in [6.45, 7) is -0.0104. The minimum Gasteiger partial charge on any atom is -0.394 e. The molecule has 182 valence electrons. The molecule has 3 aromatic rings. The van der Waals surface area contributed by atoms with Gasteiger partial charge in [0.25, 0.3) is 10.2 Å². The van der Waals surface area contributed by atoms with Gasteiger partial charge in [0.2, 0.25) is 0 Å². The zero-order valence-electron chi connectivity index (χ0n) is 18.4. The van der Waals surface area contributed by atoms with Crippen LogP contribution >= 0.6 is 0 Å². The van der Waals surface area contributed by atoms with Gasteiger partial charge in [-0.2, -0.15) is 13.1 Å². The number of aromatic amines is 1. The van der Waals surface area contributed by atoms with Gasteiger partial charge in [-0.3, -0.25) is 0 Å². The lowest BCUT2D eigenvalue weighted by Crippen LogP contribution is -2.59. The smallest absolute Gasteiger partial charge is 0.277 e. The van der Waals surface area contributed by atoms with Crippen molar-refractivity contribution in [1.29, 1.82) is 0 Å². The highest BCUT2D eigenvalue weighted by atomic mass is 32.2. The molecule has 0 aliphatic heterocycles. The lowest BCUT2D eigenvalue weighted by Gasteiger charge is -2.41. The van der Waals surface area contributed by atoms with Crippen molar-refractivity contribution in [3.63, 3.8) is 0 Å². The molecule has 0 spiro atoms. The van der Waals surface area contributed by atoms with Crippen LogP contribution in [0.1, 0.15) is 43.6 Å². The number of hydrogen-bond acceptors (Lipinski definition) is 3. The van der Waals surface area contributed by atoms with E-state index >= 15 is 0 Å². The molecule has 0 saturated heterocycles. The molecule has 34 heavy (non-hydrogen) atoms. The van der Waals surface area contributed by atoms with E-state index in [1.165, 1.54) is 18.2 Å². The van der Waals surface area contributed by atoms with E-state index in [1.54, 1.807) is 12.1 Å². The van der Waals surface area contributed by atoms with Crippen LogP contribution in [0.2, 0.25) is 0 Å². The highest BCUT2D eigenvalue weighted by molar-refractivity contribution is 7.87. The van der Waals surface area contributed by atoms with Crippen LogP contribution in [0.3, 0.4) is 0 Å². The second-order valence-corrected chi connectivity index (χ2v) is 11.0. The van der Waals surface area contributed by atoms with Gasteiger partial charge < -0.3 is 10.1 Å². The molecule has 0 radical (unpaired) electrons. The van der Waals surface area contributed by atoms with E-state index < -0.39 is 33.2 Å². The van der Waals surface area contributed by atoms with Gasteiger partial charge in [-0.15, -0.1) is 0 Å². The fraction of sp³-hybridized carbons (Fsp3) is 0.417. The van der Waals surface area contributed by atoms with E-state index in [-0.39, 0.29) is 30.5 Å². The van der Waals surface area contributed by atoms with E-state index in [0.717, 1.165) is 18.1 Å². The Balaban J connectivity index is 1.34. The average molecular weight is 494 g/mol. The average Bonchev–Trinajstić information content (AvgIpc) is 3.09. The fourth-order valence-corrected chi connectivity index (χ4v) is 6.46. The zero-order valence-corrected chi connectivity index (χ0v) is 19.2. The number of fused-ring (bicyclic) bond motifs is 1. The van der Waals surface area contributed by atoms with Crippen LogP contribution in [0.4, 0.5) is 13.2 Å². The molecule has 6 nitrogen and oxygen atoms in total. The molecule has 2 saturated carbocycles. The van der Waals surface area contributed by atoms with Crippen molar-refractivity contribution in [3.8, 4) is 11.3 Å². The monoisotopic (exact) mass is 493 g/mol. The van der Waals surface area contributed by atoms with Gasteiger partial charge in [0.1, 0.15) is 17.5 Å². The Morgan fingerprint density at radius 3 is 2.38 bits per heavy atom. The molecular weight excluding hydrogens is 467 g/mol. The summed E-state index contributed by atoms with van der Waals surface area (Å²) in [5.74, 6) is -1.76. The van der Waals surface area contributed by atoms with Crippen molar-refractivity contribution in [2.75, 3.05) is 13.2 Å². The summed E-state index contributed by atoms with van der Waals surface area (Å²) in [4.78, 5) is 3.05. The first-order chi connectivity index (χ1) is 16.2. The normalized spacial score (nSPS) is 21.9. The van der Waals surface area contributed by atoms with Crippen LogP contribution < -0.4 is 9.44 Å². The van der Waals surface area contributed by atoms with Crippen LogP contribution in [0, 0.1) is 23.4 Å². The number of H-pyrrole nitrogens is 1. The van der Waals surface area contributed by atoms with Crippen molar-refractivity contribution < 1.29 is 26.7 Å². The Morgan fingerprint density at radius 2 is 1.76 bits per heavy atom. The maximum atomic E-state index is 14.5. The van der Waals surface area contributed by atoms with Crippen LogP contribution in [-0.2, 0) is 10.2 Å². The molecule has 1 aromatic heterocycles. The zero-order chi connectivity index (χ0) is 24.1. The van der Waals surface area contributed by atoms with E-state index in [0.29, 0.717) is 42.3 Å². The van der Waals surface area contributed by atoms with Gasteiger partial charge in [0, 0.05) is 18.0 Å². The van der Waals surface area contributed by atoms with Crippen molar-refractivity contribution in [3.05, 3.63) is 59.4 Å². The Kier molecular flexibility index (Phi) is 5.96.